The molecule has 2 fully saturated rings. The number of Topliss-reactive ketones (excluding diaryl/α,β-unsaturated/α-hetero) is 1. The third-order valence-electron chi connectivity index (χ3n) is 6.95. The summed E-state index contributed by atoms with van der Waals surface area (Å²) in [6, 6.07) is 6.61. The number of carbonyl (C=O) groups excluding carboxylic acids is 4. The topological polar surface area (TPSA) is 110 Å². The average Bonchev–Trinajstić information content (AvgIpc) is 2.92. The quantitative estimate of drug-likeness (QED) is 0.786. The number of piperidine rings is 1. The summed E-state index contributed by atoms with van der Waals surface area (Å²) in [5.74, 6) is -0.122. The minimum absolute atomic E-state index is 0.0317. The zero-order valence-corrected chi connectivity index (χ0v) is 17.8. The van der Waals surface area contributed by atoms with Gasteiger partial charge in [0.2, 0.25) is 17.7 Å². The zero-order valence-electron chi connectivity index (χ0n) is 17.8. The number of hydrogen-bond acceptors (Lipinski definition) is 5. The standard InChI is InChI=1S/C23H29N3O5/c1-15(22(30)25-11-7-16(8-12-25)21(24)29)26-13-10-23(9-6-20(26)28)14-18(27)17-4-2-3-5-19(17)31-23/h2-5,15-16H,6-14H2,1H3,(H2,24,29)/t15-,23-/m1/s1. The van der Waals surface area contributed by atoms with Crippen LogP contribution >= 0.6 is 0 Å². The molecular formula is C23H29N3O5. The van der Waals surface area contributed by atoms with Gasteiger partial charge in [0.05, 0.1) is 12.0 Å². The fraction of sp³-hybridized carbons (Fsp3) is 0.565. The van der Waals surface area contributed by atoms with Crippen LogP contribution in [0.1, 0.15) is 55.8 Å². The van der Waals surface area contributed by atoms with Crippen LogP contribution < -0.4 is 10.5 Å². The summed E-state index contributed by atoms with van der Waals surface area (Å²) >= 11 is 0. The normalized spacial score (nSPS) is 25.6. The Balaban J connectivity index is 1.43. The summed E-state index contributed by atoms with van der Waals surface area (Å²) in [5, 5.41) is 0. The summed E-state index contributed by atoms with van der Waals surface area (Å²) in [6.07, 6.45) is 2.54. The highest BCUT2D eigenvalue weighted by Gasteiger charge is 2.44. The van der Waals surface area contributed by atoms with Crippen molar-refractivity contribution in [1.82, 2.24) is 9.80 Å². The van der Waals surface area contributed by atoms with Crippen molar-refractivity contribution in [3.63, 3.8) is 0 Å². The molecule has 3 amide bonds. The molecule has 0 bridgehead atoms. The second kappa shape index (κ2) is 8.32. The number of rotatable bonds is 3. The fourth-order valence-electron chi connectivity index (χ4n) is 4.97. The third kappa shape index (κ3) is 4.16. The Labute approximate surface area is 181 Å². The van der Waals surface area contributed by atoms with E-state index in [-0.39, 0.29) is 42.3 Å². The summed E-state index contributed by atoms with van der Waals surface area (Å²) in [7, 11) is 0. The Bertz CT molecular complexity index is 908. The van der Waals surface area contributed by atoms with Crippen molar-refractivity contribution in [3.8, 4) is 5.75 Å². The van der Waals surface area contributed by atoms with Crippen molar-refractivity contribution in [1.29, 1.82) is 0 Å². The number of ether oxygens (including phenoxy) is 1. The lowest BCUT2D eigenvalue weighted by molar-refractivity contribution is -0.146. The van der Waals surface area contributed by atoms with Gasteiger partial charge in [-0.2, -0.15) is 0 Å². The molecule has 0 aromatic heterocycles. The van der Waals surface area contributed by atoms with Gasteiger partial charge in [0, 0.05) is 38.4 Å². The van der Waals surface area contributed by atoms with Crippen LogP contribution in [-0.2, 0) is 14.4 Å². The summed E-state index contributed by atoms with van der Waals surface area (Å²) in [6.45, 7) is 3.05. The van der Waals surface area contributed by atoms with Gasteiger partial charge in [-0.15, -0.1) is 0 Å². The number of ketones is 1. The van der Waals surface area contributed by atoms with Crippen LogP contribution in [0.25, 0.3) is 0 Å². The van der Waals surface area contributed by atoms with E-state index >= 15 is 0 Å². The predicted molar refractivity (Wildman–Crippen MR) is 112 cm³/mol. The van der Waals surface area contributed by atoms with Crippen LogP contribution in [0.15, 0.2) is 24.3 Å². The molecular weight excluding hydrogens is 398 g/mol. The van der Waals surface area contributed by atoms with Crippen molar-refractivity contribution < 1.29 is 23.9 Å². The summed E-state index contributed by atoms with van der Waals surface area (Å²) in [5.41, 5.74) is 5.25. The van der Waals surface area contributed by atoms with Gasteiger partial charge in [-0.05, 0) is 38.3 Å². The van der Waals surface area contributed by atoms with Gasteiger partial charge in [-0.1, -0.05) is 12.1 Å². The minimum Gasteiger partial charge on any atom is -0.486 e. The van der Waals surface area contributed by atoms with Crippen molar-refractivity contribution in [2.24, 2.45) is 11.7 Å². The molecule has 2 atom stereocenters. The van der Waals surface area contributed by atoms with E-state index in [1.54, 1.807) is 28.9 Å². The molecule has 4 rings (SSSR count). The Morgan fingerprint density at radius 1 is 1.13 bits per heavy atom. The lowest BCUT2D eigenvalue weighted by atomic mass is 9.84. The van der Waals surface area contributed by atoms with Crippen molar-refractivity contribution in [3.05, 3.63) is 29.8 Å². The van der Waals surface area contributed by atoms with Gasteiger partial charge in [0.25, 0.3) is 0 Å². The first-order valence-corrected chi connectivity index (χ1v) is 11.0. The first-order chi connectivity index (χ1) is 14.8. The van der Waals surface area contributed by atoms with Crippen LogP contribution in [0, 0.1) is 5.92 Å². The van der Waals surface area contributed by atoms with E-state index in [2.05, 4.69) is 0 Å². The van der Waals surface area contributed by atoms with E-state index in [1.165, 1.54) is 0 Å². The molecule has 0 unspecified atom stereocenters. The number of amides is 3. The molecule has 1 aromatic carbocycles. The van der Waals surface area contributed by atoms with Gasteiger partial charge >= 0.3 is 0 Å². The molecule has 3 heterocycles. The molecule has 2 N–H and O–H groups in total. The Morgan fingerprint density at radius 3 is 2.55 bits per heavy atom. The van der Waals surface area contributed by atoms with Crippen molar-refractivity contribution in [2.75, 3.05) is 19.6 Å². The van der Waals surface area contributed by atoms with Crippen LogP contribution in [0.5, 0.6) is 5.75 Å². The predicted octanol–water partition coefficient (Wildman–Crippen LogP) is 1.52. The molecule has 166 valence electrons. The van der Waals surface area contributed by atoms with Crippen LogP contribution in [0.3, 0.4) is 0 Å². The fourth-order valence-corrected chi connectivity index (χ4v) is 4.97. The van der Waals surface area contributed by atoms with Gasteiger partial charge in [-0.25, -0.2) is 0 Å². The molecule has 2 saturated heterocycles. The van der Waals surface area contributed by atoms with E-state index in [9.17, 15) is 19.2 Å². The first-order valence-electron chi connectivity index (χ1n) is 11.0. The Hall–Kier alpha value is -2.90. The van der Waals surface area contributed by atoms with Crippen LogP contribution in [0.4, 0.5) is 0 Å². The molecule has 0 aliphatic carbocycles. The molecule has 1 aromatic rings. The molecule has 8 nitrogen and oxygen atoms in total. The zero-order chi connectivity index (χ0) is 22.2. The molecule has 3 aliphatic heterocycles. The van der Waals surface area contributed by atoms with Crippen LogP contribution in [-0.4, -0.2) is 64.6 Å². The maximum atomic E-state index is 13.0. The minimum atomic E-state index is -0.710. The molecule has 31 heavy (non-hydrogen) atoms. The first kappa shape index (κ1) is 21.3. The van der Waals surface area contributed by atoms with Gasteiger partial charge in [-0.3, -0.25) is 19.2 Å². The monoisotopic (exact) mass is 427 g/mol. The molecule has 0 radical (unpaired) electrons. The van der Waals surface area contributed by atoms with E-state index in [1.807, 2.05) is 12.1 Å². The molecule has 8 heteroatoms. The number of likely N-dealkylation sites (tertiary alicyclic amines) is 2. The number of carbonyl (C=O) groups is 4. The van der Waals surface area contributed by atoms with Crippen LogP contribution in [0.2, 0.25) is 0 Å². The SMILES string of the molecule is C[C@H](C(=O)N1CCC(C(N)=O)CC1)N1CC[C@]2(CCC1=O)CC(=O)c1ccccc1O2. The van der Waals surface area contributed by atoms with Gasteiger partial charge < -0.3 is 20.3 Å². The largest absolute Gasteiger partial charge is 0.486 e. The van der Waals surface area contributed by atoms with E-state index in [0.29, 0.717) is 56.6 Å². The highest BCUT2D eigenvalue weighted by molar-refractivity contribution is 6.00. The Kier molecular flexibility index (Phi) is 5.73. The van der Waals surface area contributed by atoms with E-state index in [4.69, 9.17) is 10.5 Å². The van der Waals surface area contributed by atoms with E-state index < -0.39 is 11.6 Å². The molecule has 3 aliphatic rings. The lowest BCUT2D eigenvalue weighted by Crippen LogP contribution is -2.52. The number of para-hydroxylation sites is 1. The average molecular weight is 428 g/mol. The number of nitrogens with zero attached hydrogens (tertiary/aromatic N) is 2. The second-order valence-corrected chi connectivity index (χ2v) is 8.90. The molecule has 0 saturated carbocycles. The number of hydrogen-bond donors (Lipinski definition) is 1. The number of benzene rings is 1. The highest BCUT2D eigenvalue weighted by Crippen LogP contribution is 2.39. The third-order valence-corrected chi connectivity index (χ3v) is 6.95. The maximum absolute atomic E-state index is 13.0. The van der Waals surface area contributed by atoms with Gasteiger partial charge in [0.1, 0.15) is 17.4 Å². The maximum Gasteiger partial charge on any atom is 0.245 e. The smallest absolute Gasteiger partial charge is 0.245 e. The number of fused-ring (bicyclic) bond motifs is 1. The molecule has 1 spiro atoms. The lowest BCUT2D eigenvalue weighted by Gasteiger charge is -2.38. The second-order valence-electron chi connectivity index (χ2n) is 8.90. The number of nitrogens with two attached hydrogens (primary N) is 1. The van der Waals surface area contributed by atoms with Crippen molar-refractivity contribution >= 4 is 23.5 Å². The summed E-state index contributed by atoms with van der Waals surface area (Å²) in [4.78, 5) is 53.3. The summed E-state index contributed by atoms with van der Waals surface area (Å²) < 4.78 is 6.26. The van der Waals surface area contributed by atoms with Crippen molar-refractivity contribution in [2.45, 2.75) is 57.1 Å². The Morgan fingerprint density at radius 2 is 1.84 bits per heavy atom. The van der Waals surface area contributed by atoms with E-state index in [0.717, 1.165) is 0 Å². The van der Waals surface area contributed by atoms with Gasteiger partial charge in [0.15, 0.2) is 5.78 Å². The highest BCUT2D eigenvalue weighted by atomic mass is 16.5. The number of primary amides is 1.